The van der Waals surface area contributed by atoms with Gasteiger partial charge in [-0.2, -0.15) is 0 Å². The lowest BCUT2D eigenvalue weighted by atomic mass is 10.1. The average molecular weight is 243 g/mol. The predicted molar refractivity (Wildman–Crippen MR) is 59.5 cm³/mol. The molecule has 17 heavy (non-hydrogen) atoms. The van der Waals surface area contributed by atoms with Gasteiger partial charge in [0.1, 0.15) is 11.6 Å². The van der Waals surface area contributed by atoms with Gasteiger partial charge in [0.25, 0.3) is 0 Å². The van der Waals surface area contributed by atoms with E-state index in [9.17, 15) is 13.6 Å². The number of carbonyl (C=O) groups is 1. The Morgan fingerprint density at radius 1 is 1.41 bits per heavy atom. The van der Waals surface area contributed by atoms with Gasteiger partial charge in [0, 0.05) is 18.2 Å². The molecule has 0 aliphatic heterocycles. The molecule has 0 aliphatic carbocycles. The average Bonchev–Trinajstić information content (AvgIpc) is 2.21. The molecule has 94 valence electrons. The molecule has 5 heteroatoms. The highest BCUT2D eigenvalue weighted by Gasteiger charge is 2.16. The van der Waals surface area contributed by atoms with Crippen molar-refractivity contribution in [2.75, 3.05) is 6.54 Å². The molecule has 0 spiro atoms. The summed E-state index contributed by atoms with van der Waals surface area (Å²) >= 11 is 0. The predicted octanol–water partition coefficient (Wildman–Crippen LogP) is 2.26. The second-order valence-electron chi connectivity index (χ2n) is 4.13. The summed E-state index contributed by atoms with van der Waals surface area (Å²) in [6.45, 7) is 3.49. The number of hydrogen-bond donors (Lipinski definition) is 1. The van der Waals surface area contributed by atoms with Crippen LogP contribution < -0.4 is 0 Å². The van der Waals surface area contributed by atoms with Crippen LogP contribution in [0, 0.1) is 11.6 Å². The second-order valence-corrected chi connectivity index (χ2v) is 4.13. The fraction of sp³-hybridized carbons (Fsp3) is 0.417. The maximum atomic E-state index is 13.4. The monoisotopic (exact) mass is 243 g/mol. The summed E-state index contributed by atoms with van der Waals surface area (Å²) in [5, 5.41) is 8.73. The molecule has 0 amide bonds. The molecule has 0 aromatic heterocycles. The first kappa shape index (κ1) is 13.6. The van der Waals surface area contributed by atoms with Crippen molar-refractivity contribution < 1.29 is 18.7 Å². The topological polar surface area (TPSA) is 40.5 Å². The summed E-state index contributed by atoms with van der Waals surface area (Å²) in [7, 11) is 0. The number of carboxylic acids is 1. The SMILES string of the molecule is CC(C)N(CC(=O)O)Cc1cc(F)ccc1F. The van der Waals surface area contributed by atoms with E-state index in [1.807, 2.05) is 0 Å². The van der Waals surface area contributed by atoms with Gasteiger partial charge < -0.3 is 5.11 Å². The fourth-order valence-electron chi connectivity index (χ4n) is 1.48. The van der Waals surface area contributed by atoms with Crippen LogP contribution in [-0.2, 0) is 11.3 Å². The summed E-state index contributed by atoms with van der Waals surface area (Å²) in [5.41, 5.74) is 0.167. The van der Waals surface area contributed by atoms with Crippen LogP contribution in [0.4, 0.5) is 8.78 Å². The van der Waals surface area contributed by atoms with Gasteiger partial charge in [-0.3, -0.25) is 9.69 Å². The van der Waals surface area contributed by atoms with E-state index in [4.69, 9.17) is 5.11 Å². The Morgan fingerprint density at radius 3 is 2.59 bits per heavy atom. The van der Waals surface area contributed by atoms with E-state index >= 15 is 0 Å². The van der Waals surface area contributed by atoms with E-state index in [0.717, 1.165) is 18.2 Å². The Balaban J connectivity index is 2.85. The Labute approximate surface area is 98.7 Å². The highest BCUT2D eigenvalue weighted by molar-refractivity contribution is 5.69. The summed E-state index contributed by atoms with van der Waals surface area (Å²) < 4.78 is 26.3. The lowest BCUT2D eigenvalue weighted by Gasteiger charge is -2.24. The molecule has 1 rings (SSSR count). The Morgan fingerprint density at radius 2 is 2.06 bits per heavy atom. The number of aliphatic carboxylic acids is 1. The summed E-state index contributed by atoms with van der Waals surface area (Å²) in [6.07, 6.45) is 0. The van der Waals surface area contributed by atoms with E-state index in [1.165, 1.54) is 0 Å². The van der Waals surface area contributed by atoms with Gasteiger partial charge in [0.2, 0.25) is 0 Å². The molecule has 1 aromatic carbocycles. The van der Waals surface area contributed by atoms with Crippen molar-refractivity contribution in [3.63, 3.8) is 0 Å². The van der Waals surface area contributed by atoms with E-state index in [-0.39, 0.29) is 24.7 Å². The number of benzene rings is 1. The van der Waals surface area contributed by atoms with Crippen molar-refractivity contribution in [3.05, 3.63) is 35.4 Å². The molecule has 0 saturated heterocycles. The Hall–Kier alpha value is -1.49. The second kappa shape index (κ2) is 5.72. The molecule has 1 aromatic rings. The van der Waals surface area contributed by atoms with Crippen LogP contribution in [0.25, 0.3) is 0 Å². The summed E-state index contributed by atoms with van der Waals surface area (Å²) in [5.74, 6) is -2.04. The van der Waals surface area contributed by atoms with Gasteiger partial charge in [-0.1, -0.05) is 0 Å². The van der Waals surface area contributed by atoms with Crippen molar-refractivity contribution in [1.29, 1.82) is 0 Å². The van der Waals surface area contributed by atoms with Crippen LogP contribution in [0.15, 0.2) is 18.2 Å². The third-order valence-corrected chi connectivity index (χ3v) is 2.45. The van der Waals surface area contributed by atoms with Crippen LogP contribution in [0.5, 0.6) is 0 Å². The number of halogens is 2. The number of nitrogens with zero attached hydrogens (tertiary/aromatic N) is 1. The highest BCUT2D eigenvalue weighted by atomic mass is 19.1. The fourth-order valence-corrected chi connectivity index (χ4v) is 1.48. The zero-order chi connectivity index (χ0) is 13.0. The standard InChI is InChI=1S/C12H15F2NO2/c1-8(2)15(7-12(16)17)6-9-5-10(13)3-4-11(9)14/h3-5,8H,6-7H2,1-2H3,(H,16,17). The Bertz CT molecular complexity index is 407. The van der Waals surface area contributed by atoms with Crippen LogP contribution in [0.3, 0.4) is 0 Å². The van der Waals surface area contributed by atoms with Crippen LogP contribution in [-0.4, -0.2) is 28.6 Å². The van der Waals surface area contributed by atoms with Gasteiger partial charge in [-0.15, -0.1) is 0 Å². The first-order valence-corrected chi connectivity index (χ1v) is 5.30. The summed E-state index contributed by atoms with van der Waals surface area (Å²) in [4.78, 5) is 12.2. The van der Waals surface area contributed by atoms with E-state index in [1.54, 1.807) is 18.7 Å². The first-order valence-electron chi connectivity index (χ1n) is 5.30. The zero-order valence-electron chi connectivity index (χ0n) is 9.78. The van der Waals surface area contributed by atoms with Gasteiger partial charge >= 0.3 is 5.97 Å². The van der Waals surface area contributed by atoms with Gasteiger partial charge in [-0.25, -0.2) is 8.78 Å². The maximum Gasteiger partial charge on any atom is 0.317 e. The maximum absolute atomic E-state index is 13.4. The van der Waals surface area contributed by atoms with Gasteiger partial charge in [0.05, 0.1) is 6.54 Å². The molecule has 0 aliphatic rings. The van der Waals surface area contributed by atoms with Gasteiger partial charge in [-0.05, 0) is 32.0 Å². The molecule has 0 unspecified atom stereocenters. The van der Waals surface area contributed by atoms with E-state index in [2.05, 4.69) is 0 Å². The molecule has 0 atom stereocenters. The van der Waals surface area contributed by atoms with E-state index < -0.39 is 17.6 Å². The smallest absolute Gasteiger partial charge is 0.317 e. The largest absolute Gasteiger partial charge is 0.480 e. The van der Waals surface area contributed by atoms with Crippen molar-refractivity contribution in [2.24, 2.45) is 0 Å². The normalized spacial score (nSPS) is 11.2. The minimum atomic E-state index is -0.990. The minimum Gasteiger partial charge on any atom is -0.480 e. The van der Waals surface area contributed by atoms with E-state index in [0.29, 0.717) is 0 Å². The molecule has 0 heterocycles. The molecule has 0 saturated carbocycles. The van der Waals surface area contributed by atoms with Crippen LogP contribution >= 0.6 is 0 Å². The lowest BCUT2D eigenvalue weighted by molar-refractivity contribution is -0.139. The number of hydrogen-bond acceptors (Lipinski definition) is 2. The molecule has 0 fully saturated rings. The third-order valence-electron chi connectivity index (χ3n) is 2.45. The molecule has 1 N–H and O–H groups in total. The molecule has 0 bridgehead atoms. The third kappa shape index (κ3) is 4.11. The lowest BCUT2D eigenvalue weighted by Crippen LogP contribution is -2.35. The minimum absolute atomic E-state index is 0.0613. The number of rotatable bonds is 5. The Kier molecular flexibility index (Phi) is 4.57. The van der Waals surface area contributed by atoms with Crippen LogP contribution in [0.1, 0.15) is 19.4 Å². The summed E-state index contributed by atoms with van der Waals surface area (Å²) in [6, 6.07) is 3.11. The molecule has 3 nitrogen and oxygen atoms in total. The quantitative estimate of drug-likeness (QED) is 0.862. The van der Waals surface area contributed by atoms with Crippen LogP contribution in [0.2, 0.25) is 0 Å². The number of carboxylic acid groups (broad SMARTS) is 1. The highest BCUT2D eigenvalue weighted by Crippen LogP contribution is 2.13. The van der Waals surface area contributed by atoms with Crippen molar-refractivity contribution in [2.45, 2.75) is 26.4 Å². The van der Waals surface area contributed by atoms with Crippen molar-refractivity contribution >= 4 is 5.97 Å². The first-order chi connectivity index (χ1) is 7.90. The van der Waals surface area contributed by atoms with Gasteiger partial charge in [0.15, 0.2) is 0 Å². The van der Waals surface area contributed by atoms with Crippen molar-refractivity contribution in [3.8, 4) is 0 Å². The molecule has 0 radical (unpaired) electrons. The molecular formula is C12H15F2NO2. The molecular weight excluding hydrogens is 228 g/mol. The van der Waals surface area contributed by atoms with Crippen molar-refractivity contribution in [1.82, 2.24) is 4.90 Å². The zero-order valence-corrected chi connectivity index (χ0v) is 9.78.